The van der Waals surface area contributed by atoms with Crippen LogP contribution in [0.15, 0.2) is 18.1 Å². The molecular formula is C12H20N4. The summed E-state index contributed by atoms with van der Waals surface area (Å²) in [5.74, 6) is 0.297. The fraction of sp³-hybridized carbons (Fsp3) is 0.417. The number of aromatic nitrogens is 2. The quantitative estimate of drug-likeness (QED) is 0.698. The summed E-state index contributed by atoms with van der Waals surface area (Å²) in [6.45, 7) is 8.34. The Hall–Kier alpha value is -1.71. The van der Waals surface area contributed by atoms with E-state index in [1.807, 2.05) is 30.0 Å². The molecule has 0 unspecified atom stereocenters. The zero-order chi connectivity index (χ0) is 12.3. The first-order valence-corrected chi connectivity index (χ1v) is 5.30. The molecule has 0 amide bonds. The summed E-state index contributed by atoms with van der Waals surface area (Å²) in [7, 11) is 0. The molecule has 0 spiro atoms. The molecule has 0 aliphatic carbocycles. The van der Waals surface area contributed by atoms with Gasteiger partial charge in [-0.15, -0.1) is 0 Å². The molecule has 4 heteroatoms. The third kappa shape index (κ3) is 2.66. The highest BCUT2D eigenvalue weighted by Crippen LogP contribution is 2.06. The Kier molecular flexibility index (Phi) is 3.42. The minimum absolute atomic E-state index is 0.0358. The van der Waals surface area contributed by atoms with E-state index < -0.39 is 0 Å². The van der Waals surface area contributed by atoms with Crippen molar-refractivity contribution in [3.8, 4) is 0 Å². The molecule has 0 saturated carbocycles. The van der Waals surface area contributed by atoms with Crippen molar-refractivity contribution in [2.24, 2.45) is 11.5 Å². The normalized spacial score (nSPS) is 14.2. The van der Waals surface area contributed by atoms with Crippen molar-refractivity contribution in [2.45, 2.75) is 33.2 Å². The van der Waals surface area contributed by atoms with E-state index >= 15 is 0 Å². The lowest BCUT2D eigenvalue weighted by Gasteiger charge is -2.19. The van der Waals surface area contributed by atoms with E-state index in [1.54, 1.807) is 6.08 Å². The van der Waals surface area contributed by atoms with E-state index in [4.69, 9.17) is 11.5 Å². The van der Waals surface area contributed by atoms with Gasteiger partial charge in [0, 0.05) is 5.22 Å². The Morgan fingerprint density at radius 1 is 1.38 bits per heavy atom. The van der Waals surface area contributed by atoms with Gasteiger partial charge in [0.05, 0.1) is 22.9 Å². The van der Waals surface area contributed by atoms with Crippen LogP contribution in [-0.2, 0) is 5.54 Å². The number of allylic oxidation sites excluding steroid dienone is 1. The Morgan fingerprint density at radius 3 is 2.44 bits per heavy atom. The Balaban J connectivity index is 3.43. The predicted octanol–water partition coefficient (Wildman–Crippen LogP) is -0.0222. The third-order valence-electron chi connectivity index (χ3n) is 2.20. The average Bonchev–Trinajstić information content (AvgIpc) is 2.56. The van der Waals surface area contributed by atoms with Crippen LogP contribution in [0.1, 0.15) is 27.7 Å². The lowest BCUT2D eigenvalue weighted by molar-refractivity contribution is 0.346. The fourth-order valence-electron chi connectivity index (χ4n) is 1.51. The first-order chi connectivity index (χ1) is 7.36. The summed E-state index contributed by atoms with van der Waals surface area (Å²) in [6, 6.07) is 0. The Bertz CT molecular complexity index is 496. The van der Waals surface area contributed by atoms with Crippen LogP contribution in [0.3, 0.4) is 0 Å². The van der Waals surface area contributed by atoms with Gasteiger partial charge in [0.25, 0.3) is 0 Å². The lowest BCUT2D eigenvalue weighted by Crippen LogP contribution is -2.38. The fourth-order valence-corrected chi connectivity index (χ4v) is 1.51. The van der Waals surface area contributed by atoms with E-state index in [2.05, 4.69) is 25.9 Å². The maximum atomic E-state index is 5.39. The number of nitrogens with two attached hydrogens (primary N) is 2. The van der Waals surface area contributed by atoms with Crippen LogP contribution in [-0.4, -0.2) is 9.78 Å². The number of rotatable bonds is 1. The molecule has 1 rings (SSSR count). The molecule has 4 nitrogen and oxygen atoms in total. The second kappa shape index (κ2) is 4.43. The highest BCUT2D eigenvalue weighted by molar-refractivity contribution is 5.38. The molecule has 4 N–H and O–H groups in total. The molecule has 0 aliphatic heterocycles. The van der Waals surface area contributed by atoms with Crippen LogP contribution < -0.4 is 22.0 Å². The van der Waals surface area contributed by atoms with E-state index in [1.165, 1.54) is 0 Å². The molecule has 88 valence electrons. The summed E-state index contributed by atoms with van der Waals surface area (Å²) < 4.78 is 1.99. The SMILES string of the molecule is C/C=c1\c(=C/C=C(N)N)cnn1C(C)(C)C. The molecule has 0 aliphatic rings. The predicted molar refractivity (Wildman–Crippen MR) is 67.5 cm³/mol. The highest BCUT2D eigenvalue weighted by Gasteiger charge is 2.14. The standard InChI is InChI=1S/C12H20N4/c1-5-10-9(6-7-11(13)14)8-15-16(10)12(2,3)4/h5-8H,13-14H2,1-4H3/b9-6-,10-5+. The van der Waals surface area contributed by atoms with Crippen molar-refractivity contribution >= 4 is 12.2 Å². The van der Waals surface area contributed by atoms with E-state index in [0.717, 1.165) is 10.6 Å². The van der Waals surface area contributed by atoms with Crippen molar-refractivity contribution in [3.05, 3.63) is 28.7 Å². The lowest BCUT2D eigenvalue weighted by atomic mass is 10.1. The molecule has 16 heavy (non-hydrogen) atoms. The highest BCUT2D eigenvalue weighted by atomic mass is 15.3. The van der Waals surface area contributed by atoms with Crippen molar-refractivity contribution in [3.63, 3.8) is 0 Å². The van der Waals surface area contributed by atoms with Crippen molar-refractivity contribution < 1.29 is 0 Å². The summed E-state index contributed by atoms with van der Waals surface area (Å²) in [6.07, 6.45) is 7.40. The largest absolute Gasteiger partial charge is 0.386 e. The topological polar surface area (TPSA) is 69.9 Å². The summed E-state index contributed by atoms with van der Waals surface area (Å²) in [4.78, 5) is 0. The average molecular weight is 220 g/mol. The smallest absolute Gasteiger partial charge is 0.0933 e. The number of hydrogen-bond acceptors (Lipinski definition) is 3. The Labute approximate surface area is 95.9 Å². The van der Waals surface area contributed by atoms with Gasteiger partial charge in [-0.1, -0.05) is 6.08 Å². The zero-order valence-corrected chi connectivity index (χ0v) is 10.4. The first kappa shape index (κ1) is 12.4. The summed E-state index contributed by atoms with van der Waals surface area (Å²) in [5.41, 5.74) is 10.8. The summed E-state index contributed by atoms with van der Waals surface area (Å²) >= 11 is 0. The van der Waals surface area contributed by atoms with Gasteiger partial charge >= 0.3 is 0 Å². The van der Waals surface area contributed by atoms with Crippen LogP contribution in [0.25, 0.3) is 12.2 Å². The van der Waals surface area contributed by atoms with Gasteiger partial charge in [0.2, 0.25) is 0 Å². The second-order valence-corrected chi connectivity index (χ2v) is 4.69. The van der Waals surface area contributed by atoms with E-state index in [-0.39, 0.29) is 5.54 Å². The molecule has 1 aromatic heterocycles. The summed E-state index contributed by atoms with van der Waals surface area (Å²) in [5, 5.41) is 6.47. The molecule has 1 aromatic rings. The minimum atomic E-state index is -0.0358. The van der Waals surface area contributed by atoms with Crippen molar-refractivity contribution in [1.29, 1.82) is 0 Å². The molecule has 1 heterocycles. The second-order valence-electron chi connectivity index (χ2n) is 4.69. The van der Waals surface area contributed by atoms with Crippen LogP contribution >= 0.6 is 0 Å². The maximum Gasteiger partial charge on any atom is 0.0933 e. The van der Waals surface area contributed by atoms with Gasteiger partial charge < -0.3 is 11.5 Å². The van der Waals surface area contributed by atoms with Crippen LogP contribution in [0.4, 0.5) is 0 Å². The van der Waals surface area contributed by atoms with Crippen molar-refractivity contribution in [2.75, 3.05) is 0 Å². The van der Waals surface area contributed by atoms with Crippen LogP contribution in [0, 0.1) is 0 Å². The van der Waals surface area contributed by atoms with Gasteiger partial charge in [-0.05, 0) is 39.8 Å². The number of hydrogen-bond donors (Lipinski definition) is 2. The molecule has 0 atom stereocenters. The van der Waals surface area contributed by atoms with Gasteiger partial charge in [-0.2, -0.15) is 5.10 Å². The van der Waals surface area contributed by atoms with Gasteiger partial charge in [-0.25, -0.2) is 0 Å². The van der Waals surface area contributed by atoms with E-state index in [9.17, 15) is 0 Å². The first-order valence-electron chi connectivity index (χ1n) is 5.30. The molecule has 0 radical (unpaired) electrons. The van der Waals surface area contributed by atoms with Crippen molar-refractivity contribution in [1.82, 2.24) is 9.78 Å². The maximum absolute atomic E-state index is 5.39. The Morgan fingerprint density at radius 2 is 2.00 bits per heavy atom. The molecule has 0 fully saturated rings. The minimum Gasteiger partial charge on any atom is -0.386 e. The zero-order valence-electron chi connectivity index (χ0n) is 10.4. The van der Waals surface area contributed by atoms with Gasteiger partial charge in [0.1, 0.15) is 0 Å². The van der Waals surface area contributed by atoms with Gasteiger partial charge in [-0.3, -0.25) is 4.68 Å². The molecule has 0 aromatic carbocycles. The van der Waals surface area contributed by atoms with Crippen LogP contribution in [0.2, 0.25) is 0 Å². The molecular weight excluding hydrogens is 200 g/mol. The van der Waals surface area contributed by atoms with Crippen LogP contribution in [0.5, 0.6) is 0 Å². The monoisotopic (exact) mass is 220 g/mol. The van der Waals surface area contributed by atoms with E-state index in [0.29, 0.717) is 5.82 Å². The van der Waals surface area contributed by atoms with Gasteiger partial charge in [0.15, 0.2) is 0 Å². The molecule has 0 bridgehead atoms. The number of nitrogens with zero attached hydrogens (tertiary/aromatic N) is 2. The third-order valence-corrected chi connectivity index (χ3v) is 2.20. The molecule has 0 saturated heterocycles.